The standard InChI is InChI=1S/C15H11N3O4/c19-14-9-10(8-13(15(14)20)18(21)22)12-6-7-16-17(12)11-4-2-1-3-5-11/h1-9,19-20H. The molecular formula is C15H11N3O4. The lowest BCUT2D eigenvalue weighted by atomic mass is 10.1. The van der Waals surface area contributed by atoms with Gasteiger partial charge in [-0.15, -0.1) is 0 Å². The van der Waals surface area contributed by atoms with Gasteiger partial charge in [0.1, 0.15) is 0 Å². The number of nitrogens with zero attached hydrogens (tertiary/aromatic N) is 3. The average Bonchev–Trinajstić information content (AvgIpc) is 3.00. The number of phenols is 2. The monoisotopic (exact) mass is 297 g/mol. The van der Waals surface area contributed by atoms with Crippen molar-refractivity contribution in [3.05, 3.63) is 64.8 Å². The predicted molar refractivity (Wildman–Crippen MR) is 79.0 cm³/mol. The minimum Gasteiger partial charge on any atom is -0.504 e. The second-order valence-electron chi connectivity index (χ2n) is 4.58. The molecule has 0 bridgehead atoms. The van der Waals surface area contributed by atoms with Gasteiger partial charge in [-0.3, -0.25) is 10.1 Å². The summed E-state index contributed by atoms with van der Waals surface area (Å²) in [6, 6.07) is 13.4. The van der Waals surface area contributed by atoms with E-state index in [2.05, 4.69) is 5.10 Å². The van der Waals surface area contributed by atoms with Crippen LogP contribution >= 0.6 is 0 Å². The molecule has 2 N–H and O–H groups in total. The molecule has 7 nitrogen and oxygen atoms in total. The maximum Gasteiger partial charge on any atom is 0.315 e. The van der Waals surface area contributed by atoms with E-state index in [0.29, 0.717) is 11.3 Å². The maximum absolute atomic E-state index is 11.0. The molecule has 1 aromatic heterocycles. The largest absolute Gasteiger partial charge is 0.504 e. The molecule has 0 saturated heterocycles. The summed E-state index contributed by atoms with van der Waals surface area (Å²) in [7, 11) is 0. The highest BCUT2D eigenvalue weighted by Gasteiger charge is 2.21. The Morgan fingerprint density at radius 2 is 1.82 bits per heavy atom. The zero-order valence-corrected chi connectivity index (χ0v) is 11.2. The van der Waals surface area contributed by atoms with Crippen LogP contribution in [0.3, 0.4) is 0 Å². The first-order valence-electron chi connectivity index (χ1n) is 6.38. The molecule has 1 heterocycles. The second kappa shape index (κ2) is 5.21. The van der Waals surface area contributed by atoms with Crippen LogP contribution in [0.4, 0.5) is 5.69 Å². The second-order valence-corrected chi connectivity index (χ2v) is 4.58. The number of aromatic nitrogens is 2. The summed E-state index contributed by atoms with van der Waals surface area (Å²) in [5.74, 6) is -1.30. The minimum absolute atomic E-state index is 0.378. The molecule has 0 aliphatic rings. The van der Waals surface area contributed by atoms with E-state index in [1.807, 2.05) is 30.3 Å². The van der Waals surface area contributed by atoms with Gasteiger partial charge in [-0.2, -0.15) is 5.10 Å². The fraction of sp³-hybridized carbons (Fsp3) is 0. The lowest BCUT2D eigenvalue weighted by Gasteiger charge is -2.08. The van der Waals surface area contributed by atoms with E-state index in [9.17, 15) is 20.3 Å². The molecule has 0 amide bonds. The number of aromatic hydroxyl groups is 2. The SMILES string of the molecule is O=[N+]([O-])c1cc(-c2ccnn2-c2ccccc2)cc(O)c1O. The van der Waals surface area contributed by atoms with Crippen molar-refractivity contribution in [3.8, 4) is 28.4 Å². The fourth-order valence-electron chi connectivity index (χ4n) is 2.19. The topological polar surface area (TPSA) is 101 Å². The van der Waals surface area contributed by atoms with Crippen molar-refractivity contribution in [3.63, 3.8) is 0 Å². The number of phenolic OH excluding ortho intramolecular Hbond substituents is 2. The van der Waals surface area contributed by atoms with Crippen molar-refractivity contribution in [1.29, 1.82) is 0 Å². The number of hydrogen-bond donors (Lipinski definition) is 2. The lowest BCUT2D eigenvalue weighted by molar-refractivity contribution is -0.385. The van der Waals surface area contributed by atoms with E-state index in [1.54, 1.807) is 16.9 Å². The van der Waals surface area contributed by atoms with Crippen LogP contribution in [0.2, 0.25) is 0 Å². The maximum atomic E-state index is 11.0. The molecule has 3 aromatic rings. The van der Waals surface area contributed by atoms with Crippen LogP contribution in [0, 0.1) is 10.1 Å². The lowest BCUT2D eigenvalue weighted by Crippen LogP contribution is -1.99. The van der Waals surface area contributed by atoms with Crippen molar-refractivity contribution < 1.29 is 15.1 Å². The van der Waals surface area contributed by atoms with Crippen LogP contribution in [0.25, 0.3) is 16.9 Å². The Labute approximate surface area is 124 Å². The highest BCUT2D eigenvalue weighted by molar-refractivity contribution is 5.71. The number of nitro benzene ring substituents is 1. The van der Waals surface area contributed by atoms with Gasteiger partial charge in [-0.05, 0) is 24.3 Å². The Balaban J connectivity index is 2.18. The van der Waals surface area contributed by atoms with E-state index in [1.165, 1.54) is 12.1 Å². The molecule has 22 heavy (non-hydrogen) atoms. The average molecular weight is 297 g/mol. The summed E-state index contributed by atoms with van der Waals surface area (Å²) in [4.78, 5) is 10.2. The number of hydrogen-bond acceptors (Lipinski definition) is 5. The Hall–Kier alpha value is -3.35. The number of rotatable bonds is 3. The molecule has 0 spiro atoms. The zero-order valence-electron chi connectivity index (χ0n) is 11.2. The molecule has 110 valence electrons. The smallest absolute Gasteiger partial charge is 0.315 e. The van der Waals surface area contributed by atoms with Gasteiger partial charge in [0.2, 0.25) is 5.75 Å². The van der Waals surface area contributed by atoms with Crippen molar-refractivity contribution in [2.24, 2.45) is 0 Å². The summed E-state index contributed by atoms with van der Waals surface area (Å²) < 4.78 is 1.59. The normalized spacial score (nSPS) is 10.5. The summed E-state index contributed by atoms with van der Waals surface area (Å²) in [6.45, 7) is 0. The quantitative estimate of drug-likeness (QED) is 0.439. The van der Waals surface area contributed by atoms with Crippen molar-refractivity contribution in [2.75, 3.05) is 0 Å². The first-order chi connectivity index (χ1) is 10.6. The van der Waals surface area contributed by atoms with Crippen molar-refractivity contribution in [1.82, 2.24) is 9.78 Å². The summed E-state index contributed by atoms with van der Waals surface area (Å²) in [6.07, 6.45) is 1.55. The molecule has 3 rings (SSSR count). The third-order valence-electron chi connectivity index (χ3n) is 3.21. The van der Waals surface area contributed by atoms with Gasteiger partial charge >= 0.3 is 5.69 Å². The van der Waals surface area contributed by atoms with Gasteiger partial charge in [0.05, 0.1) is 22.5 Å². The Morgan fingerprint density at radius 1 is 1.09 bits per heavy atom. The zero-order chi connectivity index (χ0) is 15.7. The van der Waals surface area contributed by atoms with Gasteiger partial charge < -0.3 is 10.2 Å². The summed E-state index contributed by atoms with van der Waals surface area (Å²) in [5.41, 5.74) is 1.15. The Morgan fingerprint density at radius 3 is 2.50 bits per heavy atom. The van der Waals surface area contributed by atoms with E-state index < -0.39 is 22.1 Å². The van der Waals surface area contributed by atoms with Crippen LogP contribution in [-0.2, 0) is 0 Å². The minimum atomic E-state index is -0.750. The third kappa shape index (κ3) is 2.24. The van der Waals surface area contributed by atoms with Crippen molar-refractivity contribution >= 4 is 5.69 Å². The van der Waals surface area contributed by atoms with Gasteiger partial charge in [0.15, 0.2) is 5.75 Å². The van der Waals surface area contributed by atoms with Crippen LogP contribution in [0.15, 0.2) is 54.7 Å². The molecule has 0 aliphatic heterocycles. The number of para-hydroxylation sites is 1. The molecule has 0 saturated carbocycles. The number of nitro groups is 1. The number of benzene rings is 2. The van der Waals surface area contributed by atoms with Crippen LogP contribution < -0.4 is 0 Å². The molecule has 0 fully saturated rings. The van der Waals surface area contributed by atoms with Gasteiger partial charge in [-0.1, -0.05) is 18.2 Å². The van der Waals surface area contributed by atoms with Gasteiger partial charge in [0.25, 0.3) is 0 Å². The van der Waals surface area contributed by atoms with Crippen LogP contribution in [-0.4, -0.2) is 24.9 Å². The first kappa shape index (κ1) is 13.6. The molecule has 0 radical (unpaired) electrons. The Bertz CT molecular complexity index is 843. The summed E-state index contributed by atoms with van der Waals surface area (Å²) >= 11 is 0. The van der Waals surface area contributed by atoms with Crippen LogP contribution in [0.1, 0.15) is 0 Å². The first-order valence-corrected chi connectivity index (χ1v) is 6.38. The fourth-order valence-corrected chi connectivity index (χ4v) is 2.19. The highest BCUT2D eigenvalue weighted by Crippen LogP contribution is 2.39. The molecule has 0 unspecified atom stereocenters. The van der Waals surface area contributed by atoms with Crippen molar-refractivity contribution in [2.45, 2.75) is 0 Å². The molecule has 0 aliphatic carbocycles. The molecule has 2 aromatic carbocycles. The van der Waals surface area contributed by atoms with E-state index in [4.69, 9.17) is 0 Å². The Kier molecular flexibility index (Phi) is 3.23. The van der Waals surface area contributed by atoms with Crippen LogP contribution in [0.5, 0.6) is 11.5 Å². The predicted octanol–water partition coefficient (Wildman–Crippen LogP) is 2.86. The summed E-state index contributed by atoms with van der Waals surface area (Å²) in [5, 5.41) is 34.4. The highest BCUT2D eigenvalue weighted by atomic mass is 16.6. The molecular weight excluding hydrogens is 286 g/mol. The van der Waals surface area contributed by atoms with E-state index in [0.717, 1.165) is 5.69 Å². The van der Waals surface area contributed by atoms with E-state index in [-0.39, 0.29) is 0 Å². The van der Waals surface area contributed by atoms with Gasteiger partial charge in [-0.25, -0.2) is 4.68 Å². The molecule has 0 atom stereocenters. The van der Waals surface area contributed by atoms with E-state index >= 15 is 0 Å². The third-order valence-corrected chi connectivity index (χ3v) is 3.21. The van der Waals surface area contributed by atoms with Gasteiger partial charge in [0, 0.05) is 11.6 Å². The molecule has 7 heteroatoms.